The molecule has 0 unspecified atom stereocenters. The molecule has 3 atom stereocenters. The number of esters is 1. The number of carbonyl (C=O) groups excluding carboxylic acids is 1. The molecule has 170 valence electrons. The van der Waals surface area contributed by atoms with E-state index in [1.54, 1.807) is 30.3 Å². The van der Waals surface area contributed by atoms with Crippen molar-refractivity contribution in [3.05, 3.63) is 76.9 Å². The van der Waals surface area contributed by atoms with Crippen LogP contribution in [0.4, 0.5) is 13.2 Å². The topological polar surface area (TPSA) is 81.7 Å². The van der Waals surface area contributed by atoms with Gasteiger partial charge in [-0.3, -0.25) is 0 Å². The SMILES string of the molecule is COc1ccc([C@@H]2C=C3CNS(=O)(=O)[C@H]3C[C@H]2OC(=O)c2ccc(C(F)(F)F)cc2)cc1. The van der Waals surface area contributed by atoms with Crippen LogP contribution in [0.25, 0.3) is 0 Å². The number of alkyl halides is 3. The molecule has 0 spiro atoms. The van der Waals surface area contributed by atoms with E-state index in [0.717, 1.165) is 29.8 Å². The van der Waals surface area contributed by atoms with Crippen molar-refractivity contribution in [1.82, 2.24) is 4.72 Å². The Hall–Kier alpha value is -2.85. The summed E-state index contributed by atoms with van der Waals surface area (Å²) in [5, 5.41) is -0.817. The van der Waals surface area contributed by atoms with Crippen LogP contribution in [0.3, 0.4) is 0 Å². The van der Waals surface area contributed by atoms with E-state index in [1.165, 1.54) is 7.11 Å². The molecule has 0 saturated carbocycles. The lowest BCUT2D eigenvalue weighted by atomic mass is 9.82. The third-order valence-corrected chi connectivity index (χ3v) is 7.50. The molecule has 1 aliphatic carbocycles. The van der Waals surface area contributed by atoms with E-state index >= 15 is 0 Å². The van der Waals surface area contributed by atoms with Gasteiger partial charge in [-0.15, -0.1) is 0 Å². The predicted octanol–water partition coefficient (Wildman–Crippen LogP) is 3.65. The first kappa shape index (κ1) is 22.3. The van der Waals surface area contributed by atoms with E-state index in [-0.39, 0.29) is 18.5 Å². The second kappa shape index (κ2) is 8.25. The van der Waals surface area contributed by atoms with Crippen molar-refractivity contribution in [2.24, 2.45) is 0 Å². The first-order valence-corrected chi connectivity index (χ1v) is 11.3. The van der Waals surface area contributed by atoms with Gasteiger partial charge in [-0.2, -0.15) is 13.2 Å². The van der Waals surface area contributed by atoms with Crippen molar-refractivity contribution in [3.63, 3.8) is 0 Å². The van der Waals surface area contributed by atoms with E-state index in [9.17, 15) is 26.4 Å². The Morgan fingerprint density at radius 3 is 2.31 bits per heavy atom. The number of sulfonamides is 1. The molecule has 1 fully saturated rings. The summed E-state index contributed by atoms with van der Waals surface area (Å²) in [7, 11) is -2.04. The first-order chi connectivity index (χ1) is 15.1. The van der Waals surface area contributed by atoms with E-state index in [4.69, 9.17) is 9.47 Å². The number of nitrogens with one attached hydrogen (secondary N) is 1. The number of methoxy groups -OCH3 is 1. The zero-order valence-corrected chi connectivity index (χ0v) is 17.7. The minimum Gasteiger partial charge on any atom is -0.497 e. The Bertz CT molecular complexity index is 1140. The Labute approximate surface area is 183 Å². The molecule has 1 N–H and O–H groups in total. The standard InChI is InChI=1S/C22H20F3NO5S/c1-30-17-8-4-13(5-9-17)18-10-15-12-26-32(28,29)20(15)11-19(18)31-21(27)14-2-6-16(7-3-14)22(23,24)25/h2-10,18-20,26H,11-12H2,1H3/t18-,19+,20-/m0/s1. The molecule has 6 nitrogen and oxygen atoms in total. The van der Waals surface area contributed by atoms with Crippen molar-refractivity contribution in [3.8, 4) is 5.75 Å². The minimum absolute atomic E-state index is 0.0459. The highest BCUT2D eigenvalue weighted by molar-refractivity contribution is 7.90. The minimum atomic E-state index is -4.52. The summed E-state index contributed by atoms with van der Waals surface area (Å²) in [5.74, 6) is -0.596. The molecule has 0 aromatic heterocycles. The maximum Gasteiger partial charge on any atom is 0.416 e. The molecule has 2 aromatic rings. The molecule has 32 heavy (non-hydrogen) atoms. The summed E-state index contributed by atoms with van der Waals surface area (Å²) < 4.78 is 76.3. The van der Waals surface area contributed by atoms with Crippen LogP contribution in [-0.2, 0) is 20.9 Å². The first-order valence-electron chi connectivity index (χ1n) is 9.80. The van der Waals surface area contributed by atoms with Crippen molar-refractivity contribution in [2.75, 3.05) is 13.7 Å². The summed E-state index contributed by atoms with van der Waals surface area (Å²) in [6, 6.07) is 10.8. The van der Waals surface area contributed by atoms with Crippen LogP contribution in [0.2, 0.25) is 0 Å². The van der Waals surface area contributed by atoms with Gasteiger partial charge in [0.1, 0.15) is 17.1 Å². The van der Waals surface area contributed by atoms with Gasteiger partial charge in [-0.1, -0.05) is 18.2 Å². The maximum absolute atomic E-state index is 12.8. The molecule has 2 aromatic carbocycles. The molecule has 0 amide bonds. The van der Waals surface area contributed by atoms with Crippen molar-refractivity contribution < 1.29 is 35.9 Å². The van der Waals surface area contributed by atoms with E-state index in [0.29, 0.717) is 11.3 Å². The predicted molar refractivity (Wildman–Crippen MR) is 110 cm³/mol. The fourth-order valence-electron chi connectivity index (χ4n) is 4.00. The largest absolute Gasteiger partial charge is 0.497 e. The Balaban J connectivity index is 1.62. The summed E-state index contributed by atoms with van der Waals surface area (Å²) in [5.41, 5.74) is 0.575. The third-order valence-electron chi connectivity index (χ3n) is 5.71. The number of hydrogen-bond donors (Lipinski definition) is 1. The average Bonchev–Trinajstić information content (AvgIpc) is 3.06. The van der Waals surface area contributed by atoms with E-state index in [1.807, 2.05) is 0 Å². The molecule has 1 aliphatic heterocycles. The lowest BCUT2D eigenvalue weighted by Crippen LogP contribution is -2.36. The second-order valence-corrected chi connectivity index (χ2v) is 9.60. The van der Waals surface area contributed by atoms with Gasteiger partial charge < -0.3 is 9.47 Å². The zero-order valence-electron chi connectivity index (χ0n) is 16.9. The lowest BCUT2D eigenvalue weighted by Gasteiger charge is -2.32. The molecular weight excluding hydrogens is 447 g/mol. The fourth-order valence-corrected chi connectivity index (χ4v) is 5.57. The molecule has 4 rings (SSSR count). The molecule has 10 heteroatoms. The summed E-state index contributed by atoms with van der Waals surface area (Å²) in [4.78, 5) is 12.7. The van der Waals surface area contributed by atoms with Crippen molar-refractivity contribution in [1.29, 1.82) is 0 Å². The molecule has 1 saturated heterocycles. The van der Waals surface area contributed by atoms with Gasteiger partial charge in [0.15, 0.2) is 0 Å². The highest BCUT2D eigenvalue weighted by atomic mass is 32.2. The quantitative estimate of drug-likeness (QED) is 0.548. The second-order valence-electron chi connectivity index (χ2n) is 7.65. The van der Waals surface area contributed by atoms with Gasteiger partial charge in [0.25, 0.3) is 0 Å². The number of ether oxygens (including phenoxy) is 2. The number of rotatable bonds is 4. The van der Waals surface area contributed by atoms with Crippen LogP contribution in [0, 0.1) is 0 Å². The number of halogens is 3. The highest BCUT2D eigenvalue weighted by Gasteiger charge is 2.44. The summed E-state index contributed by atoms with van der Waals surface area (Å²) in [6.07, 6.45) is -3.50. The Kier molecular flexibility index (Phi) is 5.76. The molecule has 0 radical (unpaired) electrons. The van der Waals surface area contributed by atoms with Crippen LogP contribution in [0.1, 0.15) is 33.8 Å². The highest BCUT2D eigenvalue weighted by Crippen LogP contribution is 2.39. The normalized spacial score (nSPS) is 24.4. The number of fused-ring (bicyclic) bond motifs is 1. The Morgan fingerprint density at radius 1 is 1.06 bits per heavy atom. The summed E-state index contributed by atoms with van der Waals surface area (Å²) >= 11 is 0. The van der Waals surface area contributed by atoms with Gasteiger partial charge in [-0.05, 0) is 47.5 Å². The van der Waals surface area contributed by atoms with Crippen LogP contribution in [0.5, 0.6) is 5.75 Å². The summed E-state index contributed by atoms with van der Waals surface area (Å²) in [6.45, 7) is 0.194. The fraction of sp³-hybridized carbons (Fsp3) is 0.318. The van der Waals surface area contributed by atoms with Gasteiger partial charge in [-0.25, -0.2) is 17.9 Å². The van der Waals surface area contributed by atoms with Crippen molar-refractivity contribution >= 4 is 16.0 Å². The Morgan fingerprint density at radius 2 is 1.72 bits per heavy atom. The molecule has 0 bridgehead atoms. The number of benzene rings is 2. The maximum atomic E-state index is 12.8. The van der Waals surface area contributed by atoms with Gasteiger partial charge in [0, 0.05) is 18.9 Å². The zero-order chi connectivity index (χ0) is 23.1. The van der Waals surface area contributed by atoms with Crippen LogP contribution < -0.4 is 9.46 Å². The van der Waals surface area contributed by atoms with E-state index in [2.05, 4.69) is 4.72 Å². The van der Waals surface area contributed by atoms with Crippen molar-refractivity contribution in [2.45, 2.75) is 29.9 Å². The smallest absolute Gasteiger partial charge is 0.416 e. The van der Waals surface area contributed by atoms with Gasteiger partial charge in [0.2, 0.25) is 10.0 Å². The van der Waals surface area contributed by atoms with Crippen LogP contribution in [0.15, 0.2) is 60.2 Å². The average molecular weight is 467 g/mol. The van der Waals surface area contributed by atoms with Crippen LogP contribution in [-0.4, -0.2) is 39.4 Å². The van der Waals surface area contributed by atoms with Gasteiger partial charge >= 0.3 is 12.1 Å². The number of hydrogen-bond acceptors (Lipinski definition) is 5. The molecular formula is C22H20F3NO5S. The van der Waals surface area contributed by atoms with Gasteiger partial charge in [0.05, 0.1) is 18.2 Å². The monoisotopic (exact) mass is 467 g/mol. The molecule has 1 heterocycles. The lowest BCUT2D eigenvalue weighted by molar-refractivity contribution is -0.137. The van der Waals surface area contributed by atoms with Crippen LogP contribution >= 0.6 is 0 Å². The van der Waals surface area contributed by atoms with E-state index < -0.39 is 45.0 Å². The third kappa shape index (κ3) is 4.37. The number of carbonyl (C=O) groups is 1. The molecule has 2 aliphatic rings.